The third-order valence-corrected chi connectivity index (χ3v) is 5.56. The third kappa shape index (κ3) is 4.20. The van der Waals surface area contributed by atoms with Crippen molar-refractivity contribution in [1.82, 2.24) is 20.3 Å². The second-order valence-electron chi connectivity index (χ2n) is 7.80. The predicted octanol–water partition coefficient (Wildman–Crippen LogP) is 2.99. The van der Waals surface area contributed by atoms with Crippen molar-refractivity contribution in [1.29, 1.82) is 0 Å². The molecule has 174 valence electrons. The van der Waals surface area contributed by atoms with Crippen LogP contribution in [0.5, 0.6) is 5.75 Å². The summed E-state index contributed by atoms with van der Waals surface area (Å²) < 4.78 is 7.39. The summed E-state index contributed by atoms with van der Waals surface area (Å²) in [4.78, 5) is 36.9. The first kappa shape index (κ1) is 21.8. The molecule has 0 fully saturated rings. The average molecular weight is 470 g/mol. The molecule has 3 aromatic rings. The number of phenols is 1. The van der Waals surface area contributed by atoms with E-state index in [0.717, 1.165) is 0 Å². The number of carbonyl (C=O) groups excluding carboxylic acids is 1. The summed E-state index contributed by atoms with van der Waals surface area (Å²) in [6, 6.07) is 13.1. The zero-order valence-electron chi connectivity index (χ0n) is 18.1. The number of carbonyl (C=O) groups is 2. The number of carboxylic acid groups (broad SMARTS) is 1. The van der Waals surface area contributed by atoms with Crippen molar-refractivity contribution in [3.63, 3.8) is 0 Å². The van der Waals surface area contributed by atoms with E-state index < -0.39 is 11.9 Å². The lowest BCUT2D eigenvalue weighted by Gasteiger charge is -2.17. The minimum Gasteiger partial charge on any atom is -0.508 e. The molecule has 0 spiro atoms. The van der Waals surface area contributed by atoms with Crippen molar-refractivity contribution >= 4 is 22.8 Å². The number of rotatable bonds is 6. The lowest BCUT2D eigenvalue weighted by Crippen LogP contribution is -2.27. The number of fused-ring (bicyclic) bond motifs is 2. The zero-order chi connectivity index (χ0) is 24.5. The Bertz CT molecular complexity index is 1610. The molecule has 5 rings (SSSR count). The van der Waals surface area contributed by atoms with Crippen LogP contribution in [0.25, 0.3) is 33.4 Å². The van der Waals surface area contributed by atoms with Gasteiger partial charge in [-0.05, 0) is 42.0 Å². The normalized spacial score (nSPS) is 11.1. The highest BCUT2D eigenvalue weighted by atomic mass is 16.4. The first-order valence-corrected chi connectivity index (χ1v) is 10.6. The molecule has 0 unspecified atom stereocenters. The quantitative estimate of drug-likeness (QED) is 0.321. The second-order valence-corrected chi connectivity index (χ2v) is 7.80. The number of hydrogen-bond donors (Lipinski definition) is 3. The van der Waals surface area contributed by atoms with Gasteiger partial charge in [-0.25, -0.2) is 4.79 Å². The van der Waals surface area contributed by atoms with Crippen LogP contribution in [0.1, 0.15) is 20.7 Å². The molecule has 1 amide bonds. The van der Waals surface area contributed by atoms with Crippen molar-refractivity contribution in [2.75, 3.05) is 6.54 Å². The summed E-state index contributed by atoms with van der Waals surface area (Å²) >= 11 is 0. The van der Waals surface area contributed by atoms with Gasteiger partial charge in [0.25, 0.3) is 5.91 Å². The largest absolute Gasteiger partial charge is 0.508 e. The SMILES string of the molecule is O=C(NCCn1ccnn1)c1ccc(-c2c3ccc(=O)cc-3oc3cc(O)ccc23)c(C(=O)O)c1. The summed E-state index contributed by atoms with van der Waals surface area (Å²) in [5.74, 6) is -1.45. The number of benzene rings is 3. The van der Waals surface area contributed by atoms with Crippen LogP contribution in [0.2, 0.25) is 0 Å². The number of aromatic carboxylic acids is 1. The maximum Gasteiger partial charge on any atom is 0.336 e. The lowest BCUT2D eigenvalue weighted by atomic mass is 9.90. The highest BCUT2D eigenvalue weighted by Gasteiger charge is 2.23. The Morgan fingerprint density at radius 3 is 2.63 bits per heavy atom. The molecule has 2 heterocycles. The summed E-state index contributed by atoms with van der Waals surface area (Å²) in [5.41, 5.74) is 1.46. The number of amides is 1. The van der Waals surface area contributed by atoms with Crippen LogP contribution in [0.15, 0.2) is 76.2 Å². The van der Waals surface area contributed by atoms with Crippen molar-refractivity contribution < 1.29 is 24.2 Å². The standard InChI is InChI=1S/C25H18N4O6/c30-15-2-5-18-21(12-15)35-22-13-16(31)3-6-19(22)23(18)17-4-1-14(11-20(17)25(33)34)24(32)26-7-9-29-10-8-27-28-29/h1-6,8,10-13,30H,7,9H2,(H,26,32)(H,33,34). The van der Waals surface area contributed by atoms with Gasteiger partial charge < -0.3 is 19.9 Å². The molecule has 0 atom stereocenters. The fraction of sp³-hybridized carbons (Fsp3) is 0.0800. The Balaban J connectivity index is 1.60. The average Bonchev–Trinajstić information content (AvgIpc) is 3.35. The van der Waals surface area contributed by atoms with Gasteiger partial charge in [0.2, 0.25) is 0 Å². The number of hydrogen-bond acceptors (Lipinski definition) is 7. The summed E-state index contributed by atoms with van der Waals surface area (Å²) in [6.45, 7) is 0.693. The Morgan fingerprint density at radius 2 is 1.86 bits per heavy atom. The van der Waals surface area contributed by atoms with Crippen LogP contribution in [-0.2, 0) is 6.54 Å². The van der Waals surface area contributed by atoms with Crippen LogP contribution in [0, 0.1) is 0 Å². The van der Waals surface area contributed by atoms with Gasteiger partial charge in [0.1, 0.15) is 17.1 Å². The highest BCUT2D eigenvalue weighted by Crippen LogP contribution is 2.42. The molecule has 10 nitrogen and oxygen atoms in total. The number of aromatic nitrogens is 3. The first-order chi connectivity index (χ1) is 16.9. The fourth-order valence-electron chi connectivity index (χ4n) is 3.97. The van der Waals surface area contributed by atoms with Crippen molar-refractivity contribution in [3.8, 4) is 28.2 Å². The Hall–Kier alpha value is -4.99. The van der Waals surface area contributed by atoms with Crippen LogP contribution >= 0.6 is 0 Å². The molecule has 1 aliphatic carbocycles. The minimum absolute atomic E-state index is 0.0406. The van der Waals surface area contributed by atoms with E-state index in [1.54, 1.807) is 29.1 Å². The third-order valence-electron chi connectivity index (χ3n) is 5.56. The number of nitrogens with one attached hydrogen (secondary N) is 1. The molecule has 1 aromatic heterocycles. The number of carboxylic acids is 1. The van der Waals surface area contributed by atoms with E-state index in [0.29, 0.717) is 28.6 Å². The van der Waals surface area contributed by atoms with Crippen LogP contribution in [0.4, 0.5) is 0 Å². The molecule has 0 saturated carbocycles. The molecule has 2 aromatic carbocycles. The minimum atomic E-state index is -1.22. The van der Waals surface area contributed by atoms with Crippen molar-refractivity contribution in [2.45, 2.75) is 6.54 Å². The van der Waals surface area contributed by atoms with E-state index in [2.05, 4.69) is 15.6 Å². The number of aromatic hydroxyl groups is 1. The Labute approximate surface area is 197 Å². The van der Waals surface area contributed by atoms with Gasteiger partial charge in [-0.15, -0.1) is 5.10 Å². The smallest absolute Gasteiger partial charge is 0.336 e. The van der Waals surface area contributed by atoms with E-state index in [4.69, 9.17) is 4.42 Å². The number of phenolic OH excluding ortho intramolecular Hbond substituents is 1. The van der Waals surface area contributed by atoms with Gasteiger partial charge >= 0.3 is 5.97 Å². The molecule has 0 radical (unpaired) electrons. The lowest BCUT2D eigenvalue weighted by molar-refractivity contribution is 0.0697. The first-order valence-electron chi connectivity index (χ1n) is 10.6. The molecule has 3 N–H and O–H groups in total. The highest BCUT2D eigenvalue weighted by molar-refractivity contribution is 6.09. The number of nitrogens with zero attached hydrogens (tertiary/aromatic N) is 3. The van der Waals surface area contributed by atoms with Crippen LogP contribution in [0.3, 0.4) is 0 Å². The summed E-state index contributed by atoms with van der Waals surface area (Å²) in [7, 11) is 0. The van der Waals surface area contributed by atoms with Gasteiger partial charge in [-0.2, -0.15) is 0 Å². The van der Waals surface area contributed by atoms with Gasteiger partial charge in [0.05, 0.1) is 18.3 Å². The van der Waals surface area contributed by atoms with E-state index >= 15 is 0 Å². The Kier molecular flexibility index (Phi) is 5.46. The van der Waals surface area contributed by atoms with E-state index in [1.807, 2.05) is 0 Å². The van der Waals surface area contributed by atoms with Gasteiger partial charge in [0.15, 0.2) is 5.43 Å². The maximum atomic E-state index is 12.7. The molecule has 1 aliphatic heterocycles. The van der Waals surface area contributed by atoms with E-state index in [1.165, 1.54) is 42.6 Å². The van der Waals surface area contributed by atoms with Crippen LogP contribution < -0.4 is 10.7 Å². The molecular formula is C25H18N4O6. The van der Waals surface area contributed by atoms with E-state index in [-0.39, 0.29) is 40.2 Å². The maximum absolute atomic E-state index is 12.7. The molecular weight excluding hydrogens is 452 g/mol. The molecule has 2 aliphatic rings. The van der Waals surface area contributed by atoms with Crippen LogP contribution in [-0.4, -0.2) is 43.6 Å². The molecule has 0 saturated heterocycles. The van der Waals surface area contributed by atoms with Crippen molar-refractivity contribution in [2.24, 2.45) is 0 Å². The van der Waals surface area contributed by atoms with Gasteiger partial charge in [0, 0.05) is 47.0 Å². The predicted molar refractivity (Wildman–Crippen MR) is 126 cm³/mol. The van der Waals surface area contributed by atoms with Crippen molar-refractivity contribution in [3.05, 3.63) is 88.3 Å². The molecule has 0 bridgehead atoms. The Morgan fingerprint density at radius 1 is 1.03 bits per heavy atom. The molecule has 10 heteroatoms. The van der Waals surface area contributed by atoms with E-state index in [9.17, 15) is 24.6 Å². The van der Waals surface area contributed by atoms with Gasteiger partial charge in [-0.1, -0.05) is 11.3 Å². The summed E-state index contributed by atoms with van der Waals surface area (Å²) in [5, 5.41) is 30.7. The summed E-state index contributed by atoms with van der Waals surface area (Å²) in [6.07, 6.45) is 3.20. The zero-order valence-corrected chi connectivity index (χ0v) is 18.1. The molecule has 35 heavy (non-hydrogen) atoms. The topological polar surface area (TPSA) is 148 Å². The fourth-order valence-corrected chi connectivity index (χ4v) is 3.97. The monoisotopic (exact) mass is 470 g/mol. The van der Waals surface area contributed by atoms with Gasteiger partial charge in [-0.3, -0.25) is 14.3 Å². The second kappa shape index (κ2) is 8.75.